The number of para-hydroxylation sites is 2. The van der Waals surface area contributed by atoms with Crippen LogP contribution < -0.4 is 15.6 Å². The first-order valence-corrected chi connectivity index (χ1v) is 10.9. The van der Waals surface area contributed by atoms with E-state index in [1.54, 1.807) is 19.2 Å². The fraction of sp³-hybridized carbons (Fsp3) is 0.208. The van der Waals surface area contributed by atoms with Crippen molar-refractivity contribution in [2.24, 2.45) is 0 Å². The van der Waals surface area contributed by atoms with Gasteiger partial charge in [-0.15, -0.1) is 11.3 Å². The zero-order valence-corrected chi connectivity index (χ0v) is 18.4. The van der Waals surface area contributed by atoms with Crippen molar-refractivity contribution in [3.8, 4) is 16.9 Å². The van der Waals surface area contributed by atoms with E-state index in [-0.39, 0.29) is 11.5 Å². The van der Waals surface area contributed by atoms with Gasteiger partial charge in [0.15, 0.2) is 0 Å². The maximum Gasteiger partial charge on any atom is 0.263 e. The number of aryl methyl sites for hydroxylation is 1. The van der Waals surface area contributed by atoms with Crippen LogP contribution in [0.3, 0.4) is 0 Å². The number of hydrogen-bond acceptors (Lipinski definition) is 5. The predicted molar refractivity (Wildman–Crippen MR) is 125 cm³/mol. The first-order valence-electron chi connectivity index (χ1n) is 10.0. The number of ether oxygens (including phenoxy) is 1. The average Bonchev–Trinajstić information content (AvgIpc) is 3.13. The van der Waals surface area contributed by atoms with Crippen LogP contribution in [0.15, 0.2) is 65.7 Å². The lowest BCUT2D eigenvalue weighted by molar-refractivity contribution is -0.119. The van der Waals surface area contributed by atoms with E-state index in [0.717, 1.165) is 16.0 Å². The molecule has 1 N–H and O–H groups in total. The van der Waals surface area contributed by atoms with Gasteiger partial charge in [-0.25, -0.2) is 4.98 Å². The number of carbonyl (C=O) groups excluding carboxylic acids is 1. The Morgan fingerprint density at radius 3 is 2.58 bits per heavy atom. The summed E-state index contributed by atoms with van der Waals surface area (Å²) < 4.78 is 6.76. The molecule has 31 heavy (non-hydrogen) atoms. The second kappa shape index (κ2) is 8.73. The molecule has 0 spiro atoms. The average molecular weight is 434 g/mol. The van der Waals surface area contributed by atoms with Crippen molar-refractivity contribution in [2.45, 2.75) is 26.3 Å². The molecule has 0 radical (unpaired) electrons. The fourth-order valence-corrected chi connectivity index (χ4v) is 4.77. The van der Waals surface area contributed by atoms with Crippen molar-refractivity contribution in [2.75, 3.05) is 12.4 Å². The zero-order valence-electron chi connectivity index (χ0n) is 17.6. The van der Waals surface area contributed by atoms with Crippen LogP contribution in [-0.2, 0) is 4.79 Å². The minimum atomic E-state index is -0.696. The third-order valence-electron chi connectivity index (χ3n) is 5.27. The van der Waals surface area contributed by atoms with Crippen LogP contribution in [0.4, 0.5) is 5.69 Å². The van der Waals surface area contributed by atoms with Crippen molar-refractivity contribution in [3.63, 3.8) is 0 Å². The van der Waals surface area contributed by atoms with E-state index in [0.29, 0.717) is 28.1 Å². The molecule has 1 unspecified atom stereocenters. The standard InChI is InChI=1S/C24H23N3O3S/c1-4-18(22(28)26-17-12-8-9-13-19(17)30-3)27-14-25-23-21(24(27)29)20(15(2)31-23)16-10-6-5-7-11-16/h5-14,18H,4H2,1-3H3,(H,26,28). The van der Waals surface area contributed by atoms with Crippen molar-refractivity contribution in [1.29, 1.82) is 0 Å². The van der Waals surface area contributed by atoms with Gasteiger partial charge >= 0.3 is 0 Å². The van der Waals surface area contributed by atoms with Crippen molar-refractivity contribution < 1.29 is 9.53 Å². The number of methoxy groups -OCH3 is 1. The van der Waals surface area contributed by atoms with Crippen LogP contribution in [0.5, 0.6) is 5.75 Å². The molecule has 158 valence electrons. The summed E-state index contributed by atoms with van der Waals surface area (Å²) in [5.41, 5.74) is 2.20. The third-order valence-corrected chi connectivity index (χ3v) is 6.28. The number of carbonyl (C=O) groups is 1. The van der Waals surface area contributed by atoms with Gasteiger partial charge in [-0.05, 0) is 31.0 Å². The Hall–Kier alpha value is -3.45. The minimum Gasteiger partial charge on any atom is -0.495 e. The van der Waals surface area contributed by atoms with Gasteiger partial charge in [0.1, 0.15) is 16.6 Å². The molecule has 2 aromatic carbocycles. The molecule has 2 aromatic heterocycles. The lowest BCUT2D eigenvalue weighted by Crippen LogP contribution is -2.33. The second-order valence-electron chi connectivity index (χ2n) is 7.15. The van der Waals surface area contributed by atoms with Gasteiger partial charge in [0, 0.05) is 10.4 Å². The van der Waals surface area contributed by atoms with E-state index < -0.39 is 6.04 Å². The zero-order chi connectivity index (χ0) is 22.0. The highest BCUT2D eigenvalue weighted by molar-refractivity contribution is 7.19. The maximum absolute atomic E-state index is 13.5. The van der Waals surface area contributed by atoms with E-state index >= 15 is 0 Å². The summed E-state index contributed by atoms with van der Waals surface area (Å²) in [4.78, 5) is 32.9. The second-order valence-corrected chi connectivity index (χ2v) is 8.35. The molecule has 1 amide bonds. The third kappa shape index (κ3) is 3.84. The predicted octanol–water partition coefficient (Wildman–Crippen LogP) is 5.03. The normalized spacial score (nSPS) is 12.0. The van der Waals surface area contributed by atoms with Crippen LogP contribution in [-0.4, -0.2) is 22.6 Å². The molecule has 0 aliphatic carbocycles. The number of thiophene rings is 1. The number of aromatic nitrogens is 2. The highest BCUT2D eigenvalue weighted by Gasteiger charge is 2.24. The minimum absolute atomic E-state index is 0.213. The molecule has 1 atom stereocenters. The SMILES string of the molecule is CCC(C(=O)Nc1ccccc1OC)n1cnc2sc(C)c(-c3ccccc3)c2c1=O. The Bertz CT molecular complexity index is 1290. The summed E-state index contributed by atoms with van der Waals surface area (Å²) in [7, 11) is 1.55. The van der Waals surface area contributed by atoms with Crippen molar-refractivity contribution in [1.82, 2.24) is 9.55 Å². The molecule has 6 nitrogen and oxygen atoms in total. The van der Waals surface area contributed by atoms with E-state index in [1.165, 1.54) is 22.2 Å². The molecule has 4 aromatic rings. The maximum atomic E-state index is 13.5. The Morgan fingerprint density at radius 1 is 1.16 bits per heavy atom. The van der Waals surface area contributed by atoms with Crippen LogP contribution in [0.25, 0.3) is 21.3 Å². The Kier molecular flexibility index (Phi) is 5.86. The van der Waals surface area contributed by atoms with Gasteiger partial charge in [-0.2, -0.15) is 0 Å². The highest BCUT2D eigenvalue weighted by atomic mass is 32.1. The molecule has 7 heteroatoms. The Balaban J connectivity index is 1.78. The van der Waals surface area contributed by atoms with Crippen LogP contribution in [0.2, 0.25) is 0 Å². The molecule has 0 saturated carbocycles. The van der Waals surface area contributed by atoms with E-state index in [9.17, 15) is 9.59 Å². The Labute approximate surface area is 184 Å². The quantitative estimate of drug-likeness (QED) is 0.463. The van der Waals surface area contributed by atoms with E-state index in [2.05, 4.69) is 10.3 Å². The van der Waals surface area contributed by atoms with Gasteiger partial charge in [-0.1, -0.05) is 49.4 Å². The fourth-order valence-electron chi connectivity index (χ4n) is 3.76. The summed E-state index contributed by atoms with van der Waals surface area (Å²) in [5, 5.41) is 3.44. The number of nitrogens with zero attached hydrogens (tertiary/aromatic N) is 2. The van der Waals surface area contributed by atoms with Gasteiger partial charge in [0.05, 0.1) is 24.5 Å². The van der Waals surface area contributed by atoms with Crippen LogP contribution in [0, 0.1) is 6.92 Å². The van der Waals surface area contributed by atoms with Crippen molar-refractivity contribution in [3.05, 3.63) is 76.2 Å². The molecule has 2 heterocycles. The molecule has 0 aliphatic heterocycles. The lowest BCUT2D eigenvalue weighted by Gasteiger charge is -2.18. The number of rotatable bonds is 6. The summed E-state index contributed by atoms with van der Waals surface area (Å²) in [5.74, 6) is 0.273. The van der Waals surface area contributed by atoms with Gasteiger partial charge in [0.2, 0.25) is 5.91 Å². The van der Waals surface area contributed by atoms with Gasteiger partial charge in [0.25, 0.3) is 5.56 Å². The number of benzene rings is 2. The lowest BCUT2D eigenvalue weighted by atomic mass is 10.0. The number of amides is 1. The highest BCUT2D eigenvalue weighted by Crippen LogP contribution is 2.35. The molecule has 4 rings (SSSR count). The van der Waals surface area contributed by atoms with Gasteiger partial charge < -0.3 is 10.1 Å². The molecular formula is C24H23N3O3S. The first-order chi connectivity index (χ1) is 15.0. The summed E-state index contributed by atoms with van der Waals surface area (Å²) in [6.07, 6.45) is 1.92. The largest absolute Gasteiger partial charge is 0.495 e. The number of anilines is 1. The van der Waals surface area contributed by atoms with Gasteiger partial charge in [-0.3, -0.25) is 14.2 Å². The molecule has 0 saturated heterocycles. The van der Waals surface area contributed by atoms with E-state index in [1.807, 2.05) is 56.3 Å². The topological polar surface area (TPSA) is 73.2 Å². The smallest absolute Gasteiger partial charge is 0.263 e. The number of nitrogens with one attached hydrogen (secondary N) is 1. The van der Waals surface area contributed by atoms with Crippen molar-refractivity contribution >= 4 is 33.1 Å². The van der Waals surface area contributed by atoms with Crippen LogP contribution >= 0.6 is 11.3 Å². The molecular weight excluding hydrogens is 410 g/mol. The first kappa shape index (κ1) is 20.8. The summed E-state index contributed by atoms with van der Waals surface area (Å²) in [6, 6.07) is 16.3. The molecule has 0 fully saturated rings. The molecule has 0 aliphatic rings. The molecule has 0 bridgehead atoms. The monoisotopic (exact) mass is 433 g/mol. The summed E-state index contributed by atoms with van der Waals surface area (Å²) in [6.45, 7) is 3.87. The number of fused-ring (bicyclic) bond motifs is 1. The van der Waals surface area contributed by atoms with E-state index in [4.69, 9.17) is 4.74 Å². The Morgan fingerprint density at radius 2 is 1.87 bits per heavy atom. The van der Waals surface area contributed by atoms with Crippen LogP contribution in [0.1, 0.15) is 24.3 Å². The summed E-state index contributed by atoms with van der Waals surface area (Å²) >= 11 is 1.49. The number of hydrogen-bond donors (Lipinski definition) is 1.